The molecule has 0 radical (unpaired) electrons. The summed E-state index contributed by atoms with van der Waals surface area (Å²) in [5.41, 5.74) is 0.600. The van der Waals surface area contributed by atoms with Gasteiger partial charge in [0.25, 0.3) is 5.91 Å². The van der Waals surface area contributed by atoms with Crippen LogP contribution < -0.4 is 14.8 Å². The molecule has 2 heterocycles. The molecular formula is C21H32N2O4. The molecule has 150 valence electrons. The molecule has 2 fully saturated rings. The molecule has 0 aliphatic carbocycles. The van der Waals surface area contributed by atoms with E-state index in [2.05, 4.69) is 24.1 Å². The first kappa shape index (κ1) is 20.0. The maximum Gasteiger partial charge on any atom is 0.251 e. The van der Waals surface area contributed by atoms with Crippen molar-refractivity contribution in [1.82, 2.24) is 10.2 Å². The maximum absolute atomic E-state index is 12.7. The average molecular weight is 376 g/mol. The number of ether oxygens (including phenoxy) is 3. The summed E-state index contributed by atoms with van der Waals surface area (Å²) in [7, 11) is 0. The molecule has 2 saturated heterocycles. The van der Waals surface area contributed by atoms with Crippen LogP contribution >= 0.6 is 0 Å². The fourth-order valence-corrected chi connectivity index (χ4v) is 3.87. The van der Waals surface area contributed by atoms with E-state index in [4.69, 9.17) is 14.2 Å². The number of fused-ring (bicyclic) bond motifs is 1. The first-order valence-electron chi connectivity index (χ1n) is 10.1. The van der Waals surface area contributed by atoms with E-state index in [0.717, 1.165) is 26.1 Å². The fourth-order valence-electron chi connectivity index (χ4n) is 3.87. The third-order valence-corrected chi connectivity index (χ3v) is 5.33. The molecule has 0 spiro atoms. The average Bonchev–Trinajstić information content (AvgIpc) is 3.04. The number of rotatable bonds is 7. The Labute approximate surface area is 162 Å². The number of amides is 1. The number of carbonyl (C=O) groups is 1. The van der Waals surface area contributed by atoms with E-state index in [0.29, 0.717) is 42.2 Å². The summed E-state index contributed by atoms with van der Waals surface area (Å²) >= 11 is 0. The lowest BCUT2D eigenvalue weighted by Crippen LogP contribution is -2.48. The van der Waals surface area contributed by atoms with E-state index in [-0.39, 0.29) is 18.1 Å². The molecule has 1 N–H and O–H groups in total. The van der Waals surface area contributed by atoms with E-state index in [9.17, 15) is 4.79 Å². The van der Waals surface area contributed by atoms with Crippen LogP contribution in [0, 0.1) is 5.92 Å². The second kappa shape index (κ2) is 8.93. The van der Waals surface area contributed by atoms with Crippen molar-refractivity contribution in [3.8, 4) is 11.5 Å². The molecular weight excluding hydrogens is 344 g/mol. The molecule has 3 rings (SSSR count). The van der Waals surface area contributed by atoms with Crippen molar-refractivity contribution in [2.24, 2.45) is 5.92 Å². The van der Waals surface area contributed by atoms with Crippen molar-refractivity contribution in [3.05, 3.63) is 23.8 Å². The van der Waals surface area contributed by atoms with Gasteiger partial charge in [-0.1, -0.05) is 13.8 Å². The Kier molecular flexibility index (Phi) is 6.60. The van der Waals surface area contributed by atoms with E-state index in [1.54, 1.807) is 12.1 Å². The zero-order valence-corrected chi connectivity index (χ0v) is 16.9. The SMILES string of the molecule is CCOc1ccc(C(=O)N[C@@H]2C[C@H]3CO[C@@H](C(C)C)CN3C2)cc1OCC. The van der Waals surface area contributed by atoms with Gasteiger partial charge in [-0.3, -0.25) is 9.69 Å². The van der Waals surface area contributed by atoms with Crippen molar-refractivity contribution >= 4 is 5.91 Å². The lowest BCUT2D eigenvalue weighted by Gasteiger charge is -2.36. The van der Waals surface area contributed by atoms with Crippen molar-refractivity contribution in [2.45, 2.75) is 52.3 Å². The summed E-state index contributed by atoms with van der Waals surface area (Å²) in [5, 5.41) is 3.18. The minimum atomic E-state index is -0.0647. The van der Waals surface area contributed by atoms with E-state index in [1.165, 1.54) is 0 Å². The lowest BCUT2D eigenvalue weighted by atomic mass is 10.0. The van der Waals surface area contributed by atoms with Crippen LogP contribution in [0.4, 0.5) is 0 Å². The number of morpholine rings is 1. The topological polar surface area (TPSA) is 60.0 Å². The number of hydrogen-bond acceptors (Lipinski definition) is 5. The Balaban J connectivity index is 1.62. The standard InChI is InChI=1S/C21H32N2O4/c1-5-25-18-8-7-15(9-19(18)26-6-2)21(24)22-16-10-17-13-27-20(14(3)4)12-23(17)11-16/h7-9,14,16-17,20H,5-6,10-13H2,1-4H3,(H,22,24)/t16-,17+,20-/m1/s1. The monoisotopic (exact) mass is 376 g/mol. The van der Waals surface area contributed by atoms with E-state index >= 15 is 0 Å². The van der Waals surface area contributed by atoms with Crippen molar-refractivity contribution in [2.75, 3.05) is 32.9 Å². The second-order valence-corrected chi connectivity index (χ2v) is 7.66. The molecule has 1 aromatic carbocycles. The summed E-state index contributed by atoms with van der Waals surface area (Å²) in [6, 6.07) is 5.93. The summed E-state index contributed by atoms with van der Waals surface area (Å²) in [5.74, 6) is 1.74. The molecule has 0 unspecified atom stereocenters. The molecule has 1 amide bonds. The maximum atomic E-state index is 12.7. The number of nitrogens with zero attached hydrogens (tertiary/aromatic N) is 1. The number of nitrogens with one attached hydrogen (secondary N) is 1. The van der Waals surface area contributed by atoms with Gasteiger partial charge < -0.3 is 19.5 Å². The van der Waals surface area contributed by atoms with Crippen LogP contribution in [-0.2, 0) is 4.74 Å². The van der Waals surface area contributed by atoms with Crippen LogP contribution in [0.15, 0.2) is 18.2 Å². The van der Waals surface area contributed by atoms with E-state index < -0.39 is 0 Å². The minimum absolute atomic E-state index is 0.0647. The van der Waals surface area contributed by atoms with Crippen LogP contribution in [0.25, 0.3) is 0 Å². The predicted octanol–water partition coefficient (Wildman–Crippen LogP) is 2.71. The first-order chi connectivity index (χ1) is 13.0. The van der Waals surface area contributed by atoms with Crippen LogP contribution in [0.2, 0.25) is 0 Å². The Morgan fingerprint density at radius 2 is 1.96 bits per heavy atom. The zero-order valence-electron chi connectivity index (χ0n) is 16.9. The Hall–Kier alpha value is -1.79. The molecule has 0 aromatic heterocycles. The highest BCUT2D eigenvalue weighted by Crippen LogP contribution is 2.29. The largest absolute Gasteiger partial charge is 0.490 e. The predicted molar refractivity (Wildman–Crippen MR) is 105 cm³/mol. The van der Waals surface area contributed by atoms with Gasteiger partial charge in [-0.25, -0.2) is 0 Å². The van der Waals surface area contributed by atoms with Gasteiger partial charge in [0.2, 0.25) is 0 Å². The Morgan fingerprint density at radius 1 is 1.22 bits per heavy atom. The highest BCUT2D eigenvalue weighted by molar-refractivity contribution is 5.95. The van der Waals surface area contributed by atoms with Crippen molar-refractivity contribution in [1.29, 1.82) is 0 Å². The smallest absolute Gasteiger partial charge is 0.251 e. The van der Waals surface area contributed by atoms with Crippen molar-refractivity contribution < 1.29 is 19.0 Å². The quantitative estimate of drug-likeness (QED) is 0.793. The van der Waals surface area contributed by atoms with Gasteiger partial charge in [-0.2, -0.15) is 0 Å². The molecule has 2 aliphatic rings. The van der Waals surface area contributed by atoms with Crippen LogP contribution in [-0.4, -0.2) is 61.9 Å². The fraction of sp³-hybridized carbons (Fsp3) is 0.667. The van der Waals surface area contributed by atoms with Gasteiger partial charge in [0.05, 0.1) is 25.9 Å². The summed E-state index contributed by atoms with van der Waals surface area (Å²) in [6.45, 7) is 11.9. The molecule has 0 saturated carbocycles. The lowest BCUT2D eigenvalue weighted by molar-refractivity contribution is -0.0683. The van der Waals surface area contributed by atoms with Crippen LogP contribution in [0.1, 0.15) is 44.5 Å². The van der Waals surface area contributed by atoms with E-state index in [1.807, 2.05) is 19.9 Å². The summed E-state index contributed by atoms with van der Waals surface area (Å²) in [4.78, 5) is 15.2. The first-order valence-corrected chi connectivity index (χ1v) is 10.1. The van der Waals surface area contributed by atoms with Gasteiger partial charge in [0.15, 0.2) is 11.5 Å². The molecule has 6 heteroatoms. The molecule has 2 aliphatic heterocycles. The zero-order chi connectivity index (χ0) is 19.4. The third kappa shape index (κ3) is 4.74. The van der Waals surface area contributed by atoms with Gasteiger partial charge in [-0.15, -0.1) is 0 Å². The number of carbonyl (C=O) groups excluding carboxylic acids is 1. The number of benzene rings is 1. The molecule has 3 atom stereocenters. The van der Waals surface area contributed by atoms with Crippen molar-refractivity contribution in [3.63, 3.8) is 0 Å². The van der Waals surface area contributed by atoms with Gasteiger partial charge in [0, 0.05) is 30.7 Å². The molecule has 27 heavy (non-hydrogen) atoms. The molecule has 0 bridgehead atoms. The molecule has 6 nitrogen and oxygen atoms in total. The normalized spacial score (nSPS) is 25.3. The van der Waals surface area contributed by atoms with Gasteiger partial charge >= 0.3 is 0 Å². The Morgan fingerprint density at radius 3 is 2.67 bits per heavy atom. The Bertz CT molecular complexity index is 649. The second-order valence-electron chi connectivity index (χ2n) is 7.66. The highest BCUT2D eigenvalue weighted by atomic mass is 16.5. The van der Waals surface area contributed by atoms with Crippen LogP contribution in [0.3, 0.4) is 0 Å². The number of hydrogen-bond donors (Lipinski definition) is 1. The van der Waals surface area contributed by atoms with Crippen LogP contribution in [0.5, 0.6) is 11.5 Å². The van der Waals surface area contributed by atoms with Gasteiger partial charge in [0.1, 0.15) is 0 Å². The highest BCUT2D eigenvalue weighted by Gasteiger charge is 2.38. The summed E-state index contributed by atoms with van der Waals surface area (Å²) < 4.78 is 17.2. The molecule has 1 aromatic rings. The van der Waals surface area contributed by atoms with Gasteiger partial charge in [-0.05, 0) is 44.4 Å². The summed E-state index contributed by atoms with van der Waals surface area (Å²) in [6.07, 6.45) is 1.22. The minimum Gasteiger partial charge on any atom is -0.490 e. The third-order valence-electron chi connectivity index (χ3n) is 5.33.